The van der Waals surface area contributed by atoms with E-state index in [1.807, 2.05) is 0 Å². The van der Waals surface area contributed by atoms with Gasteiger partial charge in [-0.25, -0.2) is 14.4 Å². The van der Waals surface area contributed by atoms with Crippen molar-refractivity contribution in [1.82, 2.24) is 0 Å². The number of benzene rings is 3. The van der Waals surface area contributed by atoms with Gasteiger partial charge in [0.15, 0.2) is 0 Å². The summed E-state index contributed by atoms with van der Waals surface area (Å²) in [5.74, 6) is -3.46. The molecule has 0 saturated carbocycles. The van der Waals surface area contributed by atoms with Gasteiger partial charge in [-0.05, 0) is 53.9 Å². The molecule has 0 amide bonds. The molecule has 0 bridgehead atoms. The van der Waals surface area contributed by atoms with Gasteiger partial charge in [-0.15, -0.1) is 0 Å². The van der Waals surface area contributed by atoms with Crippen LogP contribution in [0.2, 0.25) is 0 Å². The Morgan fingerprint density at radius 3 is 1.87 bits per heavy atom. The largest absolute Gasteiger partial charge is 0.478 e. The number of hydrogen-bond donors (Lipinski definition) is 5. The number of carbonyl (C=O) groups is 3. The number of anilines is 3. The van der Waals surface area contributed by atoms with Crippen LogP contribution in [0, 0.1) is 0 Å². The van der Waals surface area contributed by atoms with Crippen LogP contribution in [0.3, 0.4) is 0 Å². The highest BCUT2D eigenvalue weighted by atomic mass is 16.4. The van der Waals surface area contributed by atoms with Crippen LogP contribution in [0.15, 0.2) is 60.7 Å². The van der Waals surface area contributed by atoms with E-state index in [4.69, 9.17) is 5.73 Å². The molecule has 0 atom stereocenters. The van der Waals surface area contributed by atoms with Gasteiger partial charge < -0.3 is 26.4 Å². The molecular weight excluding hydrogens is 388 g/mol. The minimum atomic E-state index is -1.18. The van der Waals surface area contributed by atoms with Gasteiger partial charge >= 0.3 is 17.9 Å². The van der Waals surface area contributed by atoms with Gasteiger partial charge in [-0.2, -0.15) is 0 Å². The van der Waals surface area contributed by atoms with Gasteiger partial charge in [-0.1, -0.05) is 24.3 Å². The van der Waals surface area contributed by atoms with Crippen LogP contribution in [-0.4, -0.2) is 33.2 Å². The van der Waals surface area contributed by atoms with Crippen molar-refractivity contribution in [2.45, 2.75) is 6.42 Å². The Morgan fingerprint density at radius 1 is 0.700 bits per heavy atom. The molecule has 0 saturated heterocycles. The van der Waals surface area contributed by atoms with Crippen molar-refractivity contribution >= 4 is 35.0 Å². The summed E-state index contributed by atoms with van der Waals surface area (Å²) in [6.07, 6.45) is 0.298. The molecule has 3 aromatic carbocycles. The molecule has 0 aliphatic carbocycles. The molecule has 152 valence electrons. The zero-order valence-corrected chi connectivity index (χ0v) is 15.6. The number of nitrogens with one attached hydrogen (secondary N) is 1. The lowest BCUT2D eigenvalue weighted by atomic mass is 9.99. The molecule has 8 heteroatoms. The lowest BCUT2D eigenvalue weighted by Gasteiger charge is -2.13. The number of hydrogen-bond acceptors (Lipinski definition) is 5. The van der Waals surface area contributed by atoms with Crippen molar-refractivity contribution < 1.29 is 29.7 Å². The van der Waals surface area contributed by atoms with E-state index < -0.39 is 17.9 Å². The summed E-state index contributed by atoms with van der Waals surface area (Å²) in [4.78, 5) is 34.4. The van der Waals surface area contributed by atoms with Crippen molar-refractivity contribution in [3.63, 3.8) is 0 Å². The molecule has 0 aliphatic heterocycles. The molecule has 0 aromatic heterocycles. The molecule has 8 nitrogen and oxygen atoms in total. The first kappa shape index (κ1) is 20.4. The van der Waals surface area contributed by atoms with Gasteiger partial charge in [0.1, 0.15) is 0 Å². The summed E-state index contributed by atoms with van der Waals surface area (Å²) in [6.45, 7) is 0. The van der Waals surface area contributed by atoms with Crippen molar-refractivity contribution in [1.29, 1.82) is 0 Å². The van der Waals surface area contributed by atoms with Crippen molar-refractivity contribution in [2.24, 2.45) is 0 Å². The number of carboxylic acids is 3. The molecule has 0 heterocycles. The lowest BCUT2D eigenvalue weighted by molar-refractivity contribution is 0.0687. The predicted molar refractivity (Wildman–Crippen MR) is 111 cm³/mol. The SMILES string of the molecule is Nc1ccc(Cc2ccc(Nc3ccccc3C(=O)O)c(C(=O)O)c2)cc1C(=O)O. The standard InChI is InChI=1S/C22H18N2O6/c23-17-7-5-12(10-15(17)21(27)28)9-13-6-8-19(16(11-13)22(29)30)24-18-4-2-1-3-14(18)20(25)26/h1-8,10-11,24H,9,23H2,(H,25,26)(H,27,28)(H,29,30). The molecule has 6 N–H and O–H groups in total. The third-order valence-corrected chi connectivity index (χ3v) is 4.50. The molecule has 30 heavy (non-hydrogen) atoms. The topological polar surface area (TPSA) is 150 Å². The zero-order chi connectivity index (χ0) is 21.8. The monoisotopic (exact) mass is 406 g/mol. The molecule has 0 aliphatic rings. The van der Waals surface area contributed by atoms with Crippen LogP contribution in [-0.2, 0) is 6.42 Å². The maximum atomic E-state index is 11.8. The predicted octanol–water partition coefficient (Wildman–Crippen LogP) is 3.70. The third kappa shape index (κ3) is 4.39. The Morgan fingerprint density at radius 2 is 1.23 bits per heavy atom. The molecule has 0 spiro atoms. The number of rotatable bonds is 7. The van der Waals surface area contributed by atoms with Gasteiger partial charge in [0.05, 0.1) is 28.1 Å². The van der Waals surface area contributed by atoms with Crippen LogP contribution in [0.4, 0.5) is 17.1 Å². The zero-order valence-electron chi connectivity index (χ0n) is 15.6. The van der Waals surface area contributed by atoms with Crippen LogP contribution < -0.4 is 11.1 Å². The Balaban J connectivity index is 1.93. The summed E-state index contributed by atoms with van der Waals surface area (Å²) in [7, 11) is 0. The minimum absolute atomic E-state index is 0.0148. The van der Waals surface area contributed by atoms with Crippen molar-refractivity contribution in [3.05, 3.63) is 88.5 Å². The summed E-state index contributed by atoms with van der Waals surface area (Å²) < 4.78 is 0. The van der Waals surface area contributed by atoms with Gasteiger partial charge in [0.2, 0.25) is 0 Å². The molecule has 3 aromatic rings. The molecular formula is C22H18N2O6. The lowest BCUT2D eigenvalue weighted by Crippen LogP contribution is -2.07. The first-order valence-electron chi connectivity index (χ1n) is 8.83. The van der Waals surface area contributed by atoms with E-state index in [0.29, 0.717) is 17.5 Å². The minimum Gasteiger partial charge on any atom is -0.478 e. The van der Waals surface area contributed by atoms with E-state index in [1.54, 1.807) is 36.4 Å². The van der Waals surface area contributed by atoms with Crippen molar-refractivity contribution in [2.75, 3.05) is 11.1 Å². The van der Waals surface area contributed by atoms with Crippen LogP contribution in [0.5, 0.6) is 0 Å². The summed E-state index contributed by atoms with van der Waals surface area (Å²) in [5, 5.41) is 31.0. The van der Waals surface area contributed by atoms with E-state index in [0.717, 1.165) is 0 Å². The number of nitrogen functional groups attached to an aromatic ring is 1. The number of carboxylic acid groups (broad SMARTS) is 3. The molecule has 0 fully saturated rings. The summed E-state index contributed by atoms with van der Waals surface area (Å²) in [6, 6.07) is 15.5. The molecule has 0 unspecified atom stereocenters. The van der Waals surface area contributed by atoms with E-state index in [2.05, 4.69) is 5.32 Å². The van der Waals surface area contributed by atoms with E-state index in [1.165, 1.54) is 24.3 Å². The Labute approximate surface area is 171 Å². The fraction of sp³-hybridized carbons (Fsp3) is 0.0455. The normalized spacial score (nSPS) is 10.4. The van der Waals surface area contributed by atoms with Crippen LogP contribution >= 0.6 is 0 Å². The van der Waals surface area contributed by atoms with Gasteiger partial charge in [0.25, 0.3) is 0 Å². The smallest absolute Gasteiger partial charge is 0.337 e. The van der Waals surface area contributed by atoms with E-state index in [-0.39, 0.29) is 33.8 Å². The quantitative estimate of drug-likeness (QED) is 0.373. The highest BCUT2D eigenvalue weighted by molar-refractivity contribution is 5.99. The molecule has 3 rings (SSSR count). The highest BCUT2D eigenvalue weighted by Gasteiger charge is 2.16. The summed E-state index contributed by atoms with van der Waals surface area (Å²) >= 11 is 0. The Kier molecular flexibility index (Phi) is 5.68. The Bertz CT molecular complexity index is 1160. The second kappa shape index (κ2) is 8.36. The van der Waals surface area contributed by atoms with E-state index in [9.17, 15) is 29.7 Å². The average Bonchev–Trinajstić information content (AvgIpc) is 2.70. The fourth-order valence-corrected chi connectivity index (χ4v) is 3.05. The maximum absolute atomic E-state index is 11.8. The highest BCUT2D eigenvalue weighted by Crippen LogP contribution is 2.26. The second-order valence-corrected chi connectivity index (χ2v) is 6.56. The number of nitrogens with two attached hydrogens (primary N) is 1. The second-order valence-electron chi connectivity index (χ2n) is 6.56. The van der Waals surface area contributed by atoms with Gasteiger partial charge in [-0.3, -0.25) is 0 Å². The molecule has 0 radical (unpaired) electrons. The number of para-hydroxylation sites is 1. The first-order chi connectivity index (χ1) is 14.3. The first-order valence-corrected chi connectivity index (χ1v) is 8.83. The van der Waals surface area contributed by atoms with Crippen LogP contribution in [0.25, 0.3) is 0 Å². The number of aromatic carboxylic acids is 3. The third-order valence-electron chi connectivity index (χ3n) is 4.50. The average molecular weight is 406 g/mol. The maximum Gasteiger partial charge on any atom is 0.337 e. The van der Waals surface area contributed by atoms with Crippen LogP contribution in [0.1, 0.15) is 42.2 Å². The van der Waals surface area contributed by atoms with Gasteiger partial charge in [0, 0.05) is 5.69 Å². The fourth-order valence-electron chi connectivity index (χ4n) is 3.05. The Hall–Kier alpha value is -4.33. The van der Waals surface area contributed by atoms with E-state index >= 15 is 0 Å². The van der Waals surface area contributed by atoms with Crippen molar-refractivity contribution in [3.8, 4) is 0 Å². The summed E-state index contributed by atoms with van der Waals surface area (Å²) in [5.41, 5.74) is 7.58.